The minimum absolute atomic E-state index is 0.251. The molecule has 25 heavy (non-hydrogen) atoms. The smallest absolute Gasteiger partial charge is 0.228 e. The van der Waals surface area contributed by atoms with Crippen molar-refractivity contribution in [1.29, 1.82) is 0 Å². The van der Waals surface area contributed by atoms with Crippen LogP contribution in [0.25, 0.3) is 16.2 Å². The number of hydrogen-bond acceptors (Lipinski definition) is 3. The van der Waals surface area contributed by atoms with E-state index in [2.05, 4.69) is 39.9 Å². The molecule has 0 unspecified atom stereocenters. The van der Waals surface area contributed by atoms with E-state index in [-0.39, 0.29) is 5.91 Å². The van der Waals surface area contributed by atoms with E-state index in [0.29, 0.717) is 12.5 Å². The van der Waals surface area contributed by atoms with Crippen molar-refractivity contribution in [2.45, 2.75) is 45.1 Å². The van der Waals surface area contributed by atoms with E-state index >= 15 is 0 Å². The van der Waals surface area contributed by atoms with Crippen LogP contribution in [0.1, 0.15) is 38.3 Å². The van der Waals surface area contributed by atoms with E-state index < -0.39 is 0 Å². The molecule has 0 spiro atoms. The molecule has 0 bridgehead atoms. The average Bonchev–Trinajstić information content (AvgIpc) is 3.24. The number of rotatable bonds is 4. The molecular weight excluding hydrogens is 330 g/mol. The van der Waals surface area contributed by atoms with Gasteiger partial charge >= 0.3 is 0 Å². The third-order valence-corrected chi connectivity index (χ3v) is 5.99. The molecule has 3 aromatic rings. The Bertz CT molecular complexity index is 868. The second kappa shape index (κ2) is 7.00. The Morgan fingerprint density at radius 2 is 2.12 bits per heavy atom. The summed E-state index contributed by atoms with van der Waals surface area (Å²) < 4.78 is 2.08. The molecule has 4 nitrogen and oxygen atoms in total. The Kier molecular flexibility index (Phi) is 4.57. The third kappa shape index (κ3) is 3.21. The van der Waals surface area contributed by atoms with Crippen molar-refractivity contribution in [3.63, 3.8) is 0 Å². The molecule has 3 heterocycles. The van der Waals surface area contributed by atoms with Gasteiger partial charge in [0.15, 0.2) is 4.96 Å². The van der Waals surface area contributed by atoms with Crippen molar-refractivity contribution >= 4 is 22.2 Å². The number of imidazole rings is 1. The van der Waals surface area contributed by atoms with Gasteiger partial charge in [-0.25, -0.2) is 4.98 Å². The van der Waals surface area contributed by atoms with Crippen molar-refractivity contribution in [2.24, 2.45) is 0 Å². The average molecular weight is 353 g/mol. The Balaban J connectivity index is 1.57. The molecule has 0 aliphatic carbocycles. The van der Waals surface area contributed by atoms with E-state index in [1.54, 1.807) is 11.3 Å². The number of piperidine rings is 1. The van der Waals surface area contributed by atoms with Crippen LogP contribution in [0.4, 0.5) is 0 Å². The lowest BCUT2D eigenvalue weighted by atomic mass is 9.99. The summed E-state index contributed by atoms with van der Waals surface area (Å²) in [4.78, 5) is 20.6. The summed E-state index contributed by atoms with van der Waals surface area (Å²) in [5, 5.41) is 2.07. The first-order chi connectivity index (χ1) is 12.3. The van der Waals surface area contributed by atoms with Crippen molar-refractivity contribution in [1.82, 2.24) is 14.3 Å². The van der Waals surface area contributed by atoms with Gasteiger partial charge in [-0.2, -0.15) is 0 Å². The number of likely N-dealkylation sites (tertiary alicyclic amines) is 1. The normalized spacial score (nSPS) is 18.0. The van der Waals surface area contributed by atoms with Crippen molar-refractivity contribution in [3.05, 3.63) is 47.6 Å². The number of carbonyl (C=O) groups excluding carboxylic acids is 1. The first-order valence-electron chi connectivity index (χ1n) is 9.06. The Morgan fingerprint density at radius 3 is 2.92 bits per heavy atom. The summed E-state index contributed by atoms with van der Waals surface area (Å²) in [6, 6.07) is 10.6. The lowest BCUT2D eigenvalue weighted by Gasteiger charge is -2.35. The molecule has 130 valence electrons. The van der Waals surface area contributed by atoms with Gasteiger partial charge in [0.05, 0.1) is 12.1 Å². The zero-order valence-electron chi connectivity index (χ0n) is 14.5. The first kappa shape index (κ1) is 16.3. The fourth-order valence-corrected chi connectivity index (χ4v) is 4.59. The second-order valence-corrected chi connectivity index (χ2v) is 7.53. The van der Waals surface area contributed by atoms with E-state index in [4.69, 9.17) is 4.98 Å². The molecule has 0 N–H and O–H groups in total. The van der Waals surface area contributed by atoms with Crippen LogP contribution in [-0.4, -0.2) is 32.8 Å². The molecule has 1 fully saturated rings. The van der Waals surface area contributed by atoms with Gasteiger partial charge in [-0.15, -0.1) is 11.3 Å². The predicted molar refractivity (Wildman–Crippen MR) is 102 cm³/mol. The van der Waals surface area contributed by atoms with Crippen molar-refractivity contribution < 1.29 is 4.79 Å². The number of fused-ring (bicyclic) bond motifs is 1. The molecule has 1 saturated heterocycles. The maximum atomic E-state index is 12.9. The molecule has 1 aromatic carbocycles. The van der Waals surface area contributed by atoms with Gasteiger partial charge in [0.1, 0.15) is 0 Å². The largest absolute Gasteiger partial charge is 0.339 e. The Labute approximate surface area is 152 Å². The minimum atomic E-state index is 0.251. The van der Waals surface area contributed by atoms with E-state index in [0.717, 1.165) is 47.7 Å². The molecule has 5 heteroatoms. The fourth-order valence-electron chi connectivity index (χ4n) is 3.71. The number of carbonyl (C=O) groups is 1. The van der Waals surface area contributed by atoms with Crippen LogP contribution in [0.3, 0.4) is 0 Å². The molecule has 4 rings (SSSR count). The standard InChI is InChI=1S/C20H23N3OS/c1-2-16-10-6-7-11-22(16)19(24)12-17-14-25-20-21-18(13-23(17)20)15-8-4-3-5-9-15/h3-5,8-9,13-14,16H,2,6-7,10-12H2,1H3/t16-/m0/s1. The molecule has 1 aliphatic rings. The van der Waals surface area contributed by atoms with Crippen molar-refractivity contribution in [2.75, 3.05) is 6.54 Å². The maximum Gasteiger partial charge on any atom is 0.228 e. The number of aromatic nitrogens is 2. The van der Waals surface area contributed by atoms with E-state index in [9.17, 15) is 4.79 Å². The van der Waals surface area contributed by atoms with Crippen LogP contribution in [0.5, 0.6) is 0 Å². The van der Waals surface area contributed by atoms with Gasteiger partial charge in [-0.05, 0) is 25.7 Å². The summed E-state index contributed by atoms with van der Waals surface area (Å²) in [6.07, 6.45) is 7.08. The number of amides is 1. The second-order valence-electron chi connectivity index (χ2n) is 6.69. The highest BCUT2D eigenvalue weighted by atomic mass is 32.1. The SMILES string of the molecule is CC[C@H]1CCCCN1C(=O)Cc1csc2nc(-c3ccccc3)cn12. The highest BCUT2D eigenvalue weighted by molar-refractivity contribution is 7.15. The first-order valence-corrected chi connectivity index (χ1v) is 9.94. The van der Waals surface area contributed by atoms with Gasteiger partial charge < -0.3 is 4.90 Å². The van der Waals surface area contributed by atoms with Crippen LogP contribution in [0.2, 0.25) is 0 Å². The zero-order valence-corrected chi connectivity index (χ0v) is 15.3. The topological polar surface area (TPSA) is 37.6 Å². The van der Waals surface area contributed by atoms with Gasteiger partial charge in [-0.1, -0.05) is 37.3 Å². The molecule has 1 aliphatic heterocycles. The highest BCUT2D eigenvalue weighted by Crippen LogP contribution is 2.25. The lowest BCUT2D eigenvalue weighted by molar-refractivity contribution is -0.134. The number of nitrogens with zero attached hydrogens (tertiary/aromatic N) is 3. The van der Waals surface area contributed by atoms with Crippen LogP contribution < -0.4 is 0 Å². The molecular formula is C20H23N3OS. The molecule has 0 radical (unpaired) electrons. The van der Waals surface area contributed by atoms with Crippen LogP contribution in [0, 0.1) is 0 Å². The monoisotopic (exact) mass is 353 g/mol. The van der Waals surface area contributed by atoms with Crippen LogP contribution in [-0.2, 0) is 11.2 Å². The van der Waals surface area contributed by atoms with Crippen LogP contribution in [0.15, 0.2) is 41.9 Å². The van der Waals surface area contributed by atoms with Gasteiger partial charge in [0.25, 0.3) is 0 Å². The third-order valence-electron chi connectivity index (χ3n) is 5.10. The summed E-state index contributed by atoms with van der Waals surface area (Å²) in [6.45, 7) is 3.09. The summed E-state index contributed by atoms with van der Waals surface area (Å²) in [5.41, 5.74) is 3.11. The highest BCUT2D eigenvalue weighted by Gasteiger charge is 2.26. The molecule has 1 amide bonds. The summed E-state index contributed by atoms with van der Waals surface area (Å²) >= 11 is 1.61. The van der Waals surface area contributed by atoms with Gasteiger partial charge in [-0.3, -0.25) is 9.20 Å². The Hall–Kier alpha value is -2.14. The number of benzene rings is 1. The molecule has 2 aromatic heterocycles. The number of hydrogen-bond donors (Lipinski definition) is 0. The molecule has 1 atom stereocenters. The number of thiazole rings is 1. The maximum absolute atomic E-state index is 12.9. The Morgan fingerprint density at radius 1 is 1.28 bits per heavy atom. The zero-order chi connectivity index (χ0) is 17.2. The summed E-state index contributed by atoms with van der Waals surface area (Å²) in [5.74, 6) is 0.251. The molecule has 0 saturated carbocycles. The minimum Gasteiger partial charge on any atom is -0.339 e. The quantitative estimate of drug-likeness (QED) is 0.697. The fraction of sp³-hybridized carbons (Fsp3) is 0.400. The predicted octanol–water partition coefficient (Wildman–Crippen LogP) is 4.40. The van der Waals surface area contributed by atoms with Crippen LogP contribution >= 0.6 is 11.3 Å². The van der Waals surface area contributed by atoms with Gasteiger partial charge in [0, 0.05) is 35.4 Å². The van der Waals surface area contributed by atoms with Crippen molar-refractivity contribution in [3.8, 4) is 11.3 Å². The summed E-state index contributed by atoms with van der Waals surface area (Å²) in [7, 11) is 0. The van der Waals surface area contributed by atoms with E-state index in [1.807, 2.05) is 18.2 Å². The van der Waals surface area contributed by atoms with Gasteiger partial charge in [0.2, 0.25) is 5.91 Å². The van der Waals surface area contributed by atoms with E-state index in [1.165, 1.54) is 6.42 Å². The lowest BCUT2D eigenvalue weighted by Crippen LogP contribution is -2.44.